The maximum atomic E-state index is 12.3. The highest BCUT2D eigenvalue weighted by molar-refractivity contribution is 8.00. The predicted octanol–water partition coefficient (Wildman–Crippen LogP) is 4.10. The number of aryl methyl sites for hydroxylation is 1. The van der Waals surface area contributed by atoms with Crippen LogP contribution in [0.15, 0.2) is 5.16 Å². The fourth-order valence-electron chi connectivity index (χ4n) is 4.07. The van der Waals surface area contributed by atoms with Gasteiger partial charge in [-0.25, -0.2) is 4.98 Å². The topological polar surface area (TPSA) is 70.7 Å². The smallest absolute Gasteiger partial charge is 0.233 e. The highest BCUT2D eigenvalue weighted by atomic mass is 32.2. The van der Waals surface area contributed by atoms with Gasteiger partial charge in [0.15, 0.2) is 0 Å². The van der Waals surface area contributed by atoms with E-state index in [1.54, 1.807) is 0 Å². The molecule has 2 N–H and O–H groups in total. The molecule has 1 atom stereocenters. The van der Waals surface area contributed by atoms with Crippen LogP contribution in [0.2, 0.25) is 0 Å². The Morgan fingerprint density at radius 1 is 1.16 bits per heavy atom. The monoisotopic (exact) mass is 364 g/mol. The number of carbonyl (C=O) groups is 1. The van der Waals surface area contributed by atoms with E-state index >= 15 is 0 Å². The second kappa shape index (κ2) is 9.60. The zero-order valence-electron chi connectivity index (χ0n) is 15.4. The van der Waals surface area contributed by atoms with Gasteiger partial charge >= 0.3 is 0 Å². The van der Waals surface area contributed by atoms with Gasteiger partial charge in [-0.3, -0.25) is 9.89 Å². The number of nitrogens with one attached hydrogen (secondary N) is 2. The summed E-state index contributed by atoms with van der Waals surface area (Å²) in [6, 6.07) is 0. The molecule has 5 nitrogen and oxygen atoms in total. The van der Waals surface area contributed by atoms with Crippen molar-refractivity contribution in [3.05, 3.63) is 5.82 Å². The minimum Gasteiger partial charge on any atom is -0.355 e. The highest BCUT2D eigenvalue weighted by Crippen LogP contribution is 2.28. The van der Waals surface area contributed by atoms with Gasteiger partial charge in [-0.1, -0.05) is 56.7 Å². The molecule has 140 valence electrons. The molecule has 1 aromatic heterocycles. The van der Waals surface area contributed by atoms with Crippen LogP contribution in [0.5, 0.6) is 0 Å². The first-order valence-electron chi connectivity index (χ1n) is 10.1. The molecule has 2 aliphatic carbocycles. The molecule has 2 aliphatic rings. The predicted molar refractivity (Wildman–Crippen MR) is 102 cm³/mol. The third-order valence-electron chi connectivity index (χ3n) is 5.72. The van der Waals surface area contributed by atoms with Gasteiger partial charge in [0.25, 0.3) is 0 Å². The van der Waals surface area contributed by atoms with Gasteiger partial charge in [-0.05, 0) is 38.0 Å². The van der Waals surface area contributed by atoms with Gasteiger partial charge in [-0.15, -0.1) is 5.10 Å². The van der Waals surface area contributed by atoms with E-state index in [0.717, 1.165) is 24.7 Å². The third kappa shape index (κ3) is 6.01. The standard InChI is InChI=1S/C19H32N4OS/c1-14(18(24)20-13-16-9-3-2-4-10-16)25-19-21-17(22-23-19)12-11-15-7-5-6-8-15/h14-16H,2-13H2,1H3,(H,20,24)(H,21,22,23). The van der Waals surface area contributed by atoms with Crippen molar-refractivity contribution in [3.63, 3.8) is 0 Å². The number of aromatic amines is 1. The number of amides is 1. The first-order chi connectivity index (χ1) is 12.2. The van der Waals surface area contributed by atoms with Crippen molar-refractivity contribution in [1.29, 1.82) is 0 Å². The average molecular weight is 365 g/mol. The SMILES string of the molecule is CC(Sc1n[nH]c(CCC2CCCC2)n1)C(=O)NCC1CCCCC1. The molecule has 2 fully saturated rings. The van der Waals surface area contributed by atoms with Crippen LogP contribution in [0, 0.1) is 11.8 Å². The van der Waals surface area contributed by atoms with Crippen LogP contribution in [-0.4, -0.2) is 32.9 Å². The maximum Gasteiger partial charge on any atom is 0.233 e. The van der Waals surface area contributed by atoms with Gasteiger partial charge in [0.2, 0.25) is 11.1 Å². The Morgan fingerprint density at radius 3 is 2.60 bits per heavy atom. The molecule has 1 aromatic rings. The van der Waals surface area contributed by atoms with Crippen LogP contribution in [0.25, 0.3) is 0 Å². The molecule has 1 unspecified atom stereocenters. The van der Waals surface area contributed by atoms with Crippen LogP contribution < -0.4 is 5.32 Å². The van der Waals surface area contributed by atoms with Crippen molar-refractivity contribution in [1.82, 2.24) is 20.5 Å². The lowest BCUT2D eigenvalue weighted by Gasteiger charge is -2.22. The van der Waals surface area contributed by atoms with E-state index in [1.807, 2.05) is 6.92 Å². The van der Waals surface area contributed by atoms with E-state index < -0.39 is 0 Å². The molecule has 6 heteroatoms. The zero-order valence-corrected chi connectivity index (χ0v) is 16.2. The number of carbonyl (C=O) groups excluding carboxylic acids is 1. The summed E-state index contributed by atoms with van der Waals surface area (Å²) in [6.45, 7) is 2.76. The van der Waals surface area contributed by atoms with Crippen molar-refractivity contribution in [2.24, 2.45) is 11.8 Å². The number of rotatable bonds is 8. The lowest BCUT2D eigenvalue weighted by molar-refractivity contribution is -0.120. The number of nitrogens with zero attached hydrogens (tertiary/aromatic N) is 2. The van der Waals surface area contributed by atoms with E-state index in [0.29, 0.717) is 11.1 Å². The quantitative estimate of drug-likeness (QED) is 0.681. The van der Waals surface area contributed by atoms with E-state index in [4.69, 9.17) is 0 Å². The summed E-state index contributed by atoms with van der Waals surface area (Å²) in [5.41, 5.74) is 0. The van der Waals surface area contributed by atoms with E-state index in [2.05, 4.69) is 20.5 Å². The summed E-state index contributed by atoms with van der Waals surface area (Å²) in [5, 5.41) is 11.0. The van der Waals surface area contributed by atoms with Gasteiger partial charge < -0.3 is 5.32 Å². The maximum absolute atomic E-state index is 12.3. The van der Waals surface area contributed by atoms with Crippen LogP contribution in [0.4, 0.5) is 0 Å². The molecule has 0 spiro atoms. The van der Waals surface area contributed by atoms with Crippen molar-refractivity contribution in [3.8, 4) is 0 Å². The number of hydrogen-bond acceptors (Lipinski definition) is 4. The lowest BCUT2D eigenvalue weighted by atomic mass is 9.89. The Hall–Kier alpha value is -1.04. The third-order valence-corrected chi connectivity index (χ3v) is 6.68. The zero-order chi connectivity index (χ0) is 17.5. The molecule has 0 radical (unpaired) electrons. The Kier molecular flexibility index (Phi) is 7.20. The normalized spacial score (nSPS) is 20.7. The van der Waals surface area contributed by atoms with Crippen LogP contribution >= 0.6 is 11.8 Å². The summed E-state index contributed by atoms with van der Waals surface area (Å²) in [4.78, 5) is 16.9. The second-order valence-corrected chi connectivity index (χ2v) is 9.07. The van der Waals surface area contributed by atoms with Gasteiger partial charge in [0.05, 0.1) is 5.25 Å². The Balaban J connectivity index is 1.37. The molecule has 1 amide bonds. The molecule has 0 saturated heterocycles. The van der Waals surface area contributed by atoms with Crippen molar-refractivity contribution >= 4 is 17.7 Å². The Bertz CT molecular complexity index is 535. The van der Waals surface area contributed by atoms with Crippen LogP contribution in [0.3, 0.4) is 0 Å². The molecule has 3 rings (SSSR count). The number of hydrogen-bond donors (Lipinski definition) is 2. The summed E-state index contributed by atoms with van der Waals surface area (Å²) < 4.78 is 0. The Labute approximate surface area is 155 Å². The molecule has 0 bridgehead atoms. The Morgan fingerprint density at radius 2 is 1.84 bits per heavy atom. The fourth-order valence-corrected chi connectivity index (χ4v) is 4.84. The van der Waals surface area contributed by atoms with E-state index in [-0.39, 0.29) is 11.2 Å². The first-order valence-corrected chi connectivity index (χ1v) is 10.9. The molecule has 0 aliphatic heterocycles. The van der Waals surface area contributed by atoms with Gasteiger partial charge in [0.1, 0.15) is 5.82 Å². The molecule has 1 heterocycles. The second-order valence-electron chi connectivity index (χ2n) is 7.76. The van der Waals surface area contributed by atoms with E-state index in [9.17, 15) is 4.79 Å². The number of H-pyrrole nitrogens is 1. The average Bonchev–Trinajstić information content (AvgIpc) is 3.30. The van der Waals surface area contributed by atoms with Crippen LogP contribution in [0.1, 0.15) is 77.0 Å². The molecule has 0 aromatic carbocycles. The first kappa shape index (κ1) is 18.7. The summed E-state index contributed by atoms with van der Waals surface area (Å²) >= 11 is 1.45. The number of aromatic nitrogens is 3. The molecular weight excluding hydrogens is 332 g/mol. The van der Waals surface area contributed by atoms with E-state index in [1.165, 1.54) is 76.0 Å². The summed E-state index contributed by atoms with van der Waals surface area (Å²) in [5.74, 6) is 2.60. The fraction of sp³-hybridized carbons (Fsp3) is 0.842. The largest absolute Gasteiger partial charge is 0.355 e. The highest BCUT2D eigenvalue weighted by Gasteiger charge is 2.20. The van der Waals surface area contributed by atoms with Crippen molar-refractivity contribution in [2.45, 2.75) is 88.0 Å². The molecular formula is C19H32N4OS. The van der Waals surface area contributed by atoms with Crippen molar-refractivity contribution < 1.29 is 4.79 Å². The van der Waals surface area contributed by atoms with Gasteiger partial charge in [-0.2, -0.15) is 0 Å². The van der Waals surface area contributed by atoms with Gasteiger partial charge in [0, 0.05) is 13.0 Å². The van der Waals surface area contributed by atoms with Crippen LogP contribution in [-0.2, 0) is 11.2 Å². The summed E-state index contributed by atoms with van der Waals surface area (Å²) in [7, 11) is 0. The summed E-state index contributed by atoms with van der Waals surface area (Å²) in [6.07, 6.45) is 14.2. The molecule has 2 saturated carbocycles. The number of thioether (sulfide) groups is 1. The molecule has 25 heavy (non-hydrogen) atoms. The van der Waals surface area contributed by atoms with Crippen molar-refractivity contribution in [2.75, 3.05) is 6.54 Å². The minimum atomic E-state index is -0.151. The minimum absolute atomic E-state index is 0.105. The lowest BCUT2D eigenvalue weighted by Crippen LogP contribution is -2.35.